The Hall–Kier alpha value is -1.23. The highest BCUT2D eigenvalue weighted by atomic mass is 32.2. The van der Waals surface area contributed by atoms with E-state index in [4.69, 9.17) is 5.73 Å². The second kappa shape index (κ2) is 4.46. The summed E-state index contributed by atoms with van der Waals surface area (Å²) >= 11 is 1.86. The predicted molar refractivity (Wildman–Crippen MR) is 74.2 cm³/mol. The summed E-state index contributed by atoms with van der Waals surface area (Å²) < 4.78 is 0.0714. The molecule has 0 radical (unpaired) electrons. The number of rotatable bonds is 1. The van der Waals surface area contributed by atoms with Crippen LogP contribution in [0.2, 0.25) is 0 Å². The molecule has 1 saturated carbocycles. The number of fused-ring (bicyclic) bond motifs is 2. The van der Waals surface area contributed by atoms with Crippen molar-refractivity contribution in [3.05, 3.63) is 23.3 Å². The zero-order valence-electron chi connectivity index (χ0n) is 10.3. The van der Waals surface area contributed by atoms with Gasteiger partial charge in [-0.15, -0.1) is 11.8 Å². The molecule has 0 bridgehead atoms. The maximum atomic E-state index is 11.3. The lowest BCUT2D eigenvalue weighted by molar-refractivity contribution is -0.114. The number of carbonyl (C=O) groups excluding carboxylic acids is 1. The molecule has 0 aromatic heterocycles. The minimum atomic E-state index is -0.419. The van der Waals surface area contributed by atoms with Crippen molar-refractivity contribution in [2.75, 3.05) is 13.1 Å². The third-order valence-corrected chi connectivity index (χ3v) is 5.19. The van der Waals surface area contributed by atoms with Gasteiger partial charge in [0.1, 0.15) is 11.5 Å². The molecule has 0 aromatic rings. The van der Waals surface area contributed by atoms with Crippen molar-refractivity contribution in [1.29, 1.82) is 0 Å². The number of hydrogen-bond donors (Lipinski definition) is 1. The van der Waals surface area contributed by atoms with Gasteiger partial charge in [0.15, 0.2) is 0 Å². The Bertz CT molecular complexity index is 461. The summed E-state index contributed by atoms with van der Waals surface area (Å²) in [6.07, 6.45) is 8.77. The third kappa shape index (κ3) is 1.86. The van der Waals surface area contributed by atoms with Crippen molar-refractivity contribution in [2.24, 2.45) is 10.7 Å². The second-order valence-electron chi connectivity index (χ2n) is 4.99. The van der Waals surface area contributed by atoms with Crippen LogP contribution in [-0.4, -0.2) is 34.5 Å². The summed E-state index contributed by atoms with van der Waals surface area (Å²) in [7, 11) is 0. The van der Waals surface area contributed by atoms with Gasteiger partial charge in [-0.1, -0.05) is 18.9 Å². The van der Waals surface area contributed by atoms with Gasteiger partial charge in [-0.25, -0.2) is 4.99 Å². The van der Waals surface area contributed by atoms with E-state index in [0.29, 0.717) is 5.70 Å². The van der Waals surface area contributed by atoms with E-state index in [0.717, 1.165) is 31.8 Å². The van der Waals surface area contributed by atoms with Gasteiger partial charge in [-0.05, 0) is 24.3 Å². The highest BCUT2D eigenvalue weighted by Gasteiger charge is 2.43. The van der Waals surface area contributed by atoms with E-state index in [1.165, 1.54) is 12.8 Å². The number of nitrogens with two attached hydrogens (primary N) is 1. The molecule has 3 rings (SSSR count). The first-order chi connectivity index (χ1) is 8.71. The molecule has 4 nitrogen and oxygen atoms in total. The molecule has 0 unspecified atom stereocenters. The number of carbonyl (C=O) groups is 1. The van der Waals surface area contributed by atoms with Crippen LogP contribution in [0.4, 0.5) is 0 Å². The maximum Gasteiger partial charge on any atom is 0.267 e. The summed E-state index contributed by atoms with van der Waals surface area (Å²) in [5, 5.41) is 2.19. The smallest absolute Gasteiger partial charge is 0.267 e. The van der Waals surface area contributed by atoms with E-state index >= 15 is 0 Å². The van der Waals surface area contributed by atoms with Crippen LogP contribution in [0.1, 0.15) is 25.7 Å². The average molecular weight is 263 g/mol. The molecule has 0 atom stereocenters. The van der Waals surface area contributed by atoms with Crippen molar-refractivity contribution in [3.63, 3.8) is 0 Å². The first-order valence-electron chi connectivity index (χ1n) is 6.38. The molecule has 0 aromatic carbocycles. The molecular weight excluding hydrogens is 246 g/mol. The Morgan fingerprint density at radius 3 is 2.89 bits per heavy atom. The summed E-state index contributed by atoms with van der Waals surface area (Å²) in [5.74, 6) is 0.642. The van der Waals surface area contributed by atoms with E-state index in [2.05, 4.69) is 21.4 Å². The highest BCUT2D eigenvalue weighted by Crippen LogP contribution is 2.45. The number of hydrogen-bond acceptors (Lipinski definition) is 4. The fourth-order valence-electron chi connectivity index (χ4n) is 2.91. The number of aliphatic imine (C=N–C) groups is 1. The molecule has 96 valence electrons. The standard InChI is InChI=1S/C13H17N3OS/c14-11(17)10-4-8-16-7-3-9-18-13(12(16)15-10)5-1-2-6-13/h3-4,9H,1-2,5-8H2,(H2,14,17). The summed E-state index contributed by atoms with van der Waals surface area (Å²) in [6, 6.07) is 0. The number of nitrogens with zero attached hydrogens (tertiary/aromatic N) is 2. The molecule has 1 spiro atoms. The average Bonchev–Trinajstić information content (AvgIpc) is 2.76. The van der Waals surface area contributed by atoms with Crippen LogP contribution in [0.25, 0.3) is 0 Å². The van der Waals surface area contributed by atoms with Crippen LogP contribution in [0, 0.1) is 0 Å². The van der Waals surface area contributed by atoms with Gasteiger partial charge in [-0.2, -0.15) is 0 Å². The second-order valence-corrected chi connectivity index (χ2v) is 6.27. The minimum Gasteiger partial charge on any atom is -0.364 e. The SMILES string of the molecule is NC(=O)C1=CCN2CC=CSC3(CCCC3)C2=N1. The van der Waals surface area contributed by atoms with E-state index < -0.39 is 5.91 Å². The summed E-state index contributed by atoms with van der Waals surface area (Å²) in [4.78, 5) is 18.1. The monoisotopic (exact) mass is 263 g/mol. The van der Waals surface area contributed by atoms with E-state index in [-0.39, 0.29) is 4.75 Å². The van der Waals surface area contributed by atoms with Crippen LogP contribution < -0.4 is 5.73 Å². The van der Waals surface area contributed by atoms with Crippen LogP contribution in [0.3, 0.4) is 0 Å². The van der Waals surface area contributed by atoms with Crippen molar-refractivity contribution in [1.82, 2.24) is 4.90 Å². The Morgan fingerprint density at radius 1 is 1.39 bits per heavy atom. The third-order valence-electron chi connectivity index (χ3n) is 3.82. The quantitative estimate of drug-likeness (QED) is 0.782. The van der Waals surface area contributed by atoms with Gasteiger partial charge in [0.25, 0.3) is 5.91 Å². The molecule has 1 amide bonds. The van der Waals surface area contributed by atoms with E-state index in [9.17, 15) is 4.79 Å². The molecule has 0 saturated heterocycles. The summed E-state index contributed by atoms with van der Waals surface area (Å²) in [5.41, 5.74) is 5.79. The molecule has 5 heteroatoms. The van der Waals surface area contributed by atoms with Gasteiger partial charge < -0.3 is 10.6 Å². The lowest BCUT2D eigenvalue weighted by atomic mass is 10.0. The zero-order valence-corrected chi connectivity index (χ0v) is 11.1. The Labute approximate surface area is 111 Å². The predicted octanol–water partition coefficient (Wildman–Crippen LogP) is 1.64. The van der Waals surface area contributed by atoms with Crippen LogP contribution in [0.15, 0.2) is 28.2 Å². The normalized spacial score (nSPS) is 25.4. The van der Waals surface area contributed by atoms with Crippen molar-refractivity contribution < 1.29 is 4.79 Å². The van der Waals surface area contributed by atoms with Crippen molar-refractivity contribution >= 4 is 23.5 Å². The van der Waals surface area contributed by atoms with Gasteiger partial charge in [0, 0.05) is 13.1 Å². The molecule has 2 N–H and O–H groups in total. The number of amidine groups is 1. The van der Waals surface area contributed by atoms with Crippen molar-refractivity contribution in [3.8, 4) is 0 Å². The lowest BCUT2D eigenvalue weighted by Crippen LogP contribution is -2.46. The maximum absolute atomic E-state index is 11.3. The molecule has 3 aliphatic rings. The van der Waals surface area contributed by atoms with Gasteiger partial charge >= 0.3 is 0 Å². The fraction of sp³-hybridized carbons (Fsp3) is 0.538. The highest BCUT2D eigenvalue weighted by molar-refractivity contribution is 8.04. The molecular formula is C13H17N3OS. The summed E-state index contributed by atoms with van der Waals surface area (Å²) in [6.45, 7) is 1.61. The van der Waals surface area contributed by atoms with E-state index in [1.807, 2.05) is 17.8 Å². The van der Waals surface area contributed by atoms with Gasteiger partial charge in [-0.3, -0.25) is 4.79 Å². The van der Waals surface area contributed by atoms with Gasteiger partial charge in [0.05, 0.1) is 4.75 Å². The first kappa shape index (κ1) is 11.8. The molecule has 18 heavy (non-hydrogen) atoms. The largest absolute Gasteiger partial charge is 0.364 e. The Kier molecular flexibility index (Phi) is 2.93. The van der Waals surface area contributed by atoms with E-state index in [1.54, 1.807) is 0 Å². The van der Waals surface area contributed by atoms with Crippen molar-refractivity contribution in [2.45, 2.75) is 30.4 Å². The lowest BCUT2D eigenvalue weighted by Gasteiger charge is -2.36. The van der Waals surface area contributed by atoms with Crippen LogP contribution in [-0.2, 0) is 4.79 Å². The molecule has 1 fully saturated rings. The topological polar surface area (TPSA) is 58.7 Å². The molecule has 2 aliphatic heterocycles. The zero-order chi connectivity index (χ0) is 12.6. The Morgan fingerprint density at radius 2 is 2.17 bits per heavy atom. The molecule has 1 aliphatic carbocycles. The number of amides is 1. The number of thioether (sulfide) groups is 1. The fourth-order valence-corrected chi connectivity index (χ4v) is 4.16. The molecule has 2 heterocycles. The number of primary amides is 1. The first-order valence-corrected chi connectivity index (χ1v) is 7.26. The van der Waals surface area contributed by atoms with Crippen LogP contribution in [0.5, 0.6) is 0 Å². The Balaban J connectivity index is 2.01. The van der Waals surface area contributed by atoms with Crippen LogP contribution >= 0.6 is 11.8 Å². The minimum absolute atomic E-state index is 0.0714. The van der Waals surface area contributed by atoms with Gasteiger partial charge in [0.2, 0.25) is 0 Å².